The molecule has 1 N–H and O–H groups in total. The third kappa shape index (κ3) is 2.09. The summed E-state index contributed by atoms with van der Waals surface area (Å²) in [7, 11) is -0.558. The maximum absolute atomic E-state index is 11.8. The Labute approximate surface area is 112 Å². The molecule has 100 valence electrons. The van der Waals surface area contributed by atoms with Gasteiger partial charge in [-0.3, -0.25) is 9.80 Å². The smallest absolute Gasteiger partial charge is 0.234 e. The van der Waals surface area contributed by atoms with Crippen molar-refractivity contribution in [1.82, 2.24) is 10.4 Å². The quantitative estimate of drug-likeness (QED) is 0.858. The molecular formula is C13H15N2O3P. The van der Waals surface area contributed by atoms with Crippen LogP contribution in [0.2, 0.25) is 0 Å². The summed E-state index contributed by atoms with van der Waals surface area (Å²) in [6, 6.07) is 7.54. The Morgan fingerprint density at radius 3 is 2.42 bits per heavy atom. The summed E-state index contributed by atoms with van der Waals surface area (Å²) in [6.07, 6.45) is 3.29. The number of hydrazine groups is 1. The van der Waals surface area contributed by atoms with Crippen molar-refractivity contribution in [2.24, 2.45) is 0 Å². The summed E-state index contributed by atoms with van der Waals surface area (Å²) in [5.74, 6) is 1.62. The number of hydrogen-bond donors (Lipinski definition) is 1. The minimum absolute atomic E-state index is 0.0233. The Hall–Kier alpha value is -1.58. The largest absolute Gasteiger partial charge is 0.467 e. The van der Waals surface area contributed by atoms with Crippen molar-refractivity contribution >= 4 is 13.8 Å². The number of rotatable bonds is 2. The van der Waals surface area contributed by atoms with Gasteiger partial charge in [0.05, 0.1) is 12.5 Å². The molecule has 3 rings (SSSR count). The van der Waals surface area contributed by atoms with Crippen LogP contribution >= 0.6 is 7.92 Å². The summed E-state index contributed by atoms with van der Waals surface area (Å²) in [4.78, 5) is 11.8. The Morgan fingerprint density at radius 2 is 1.89 bits per heavy atom. The molecule has 5 nitrogen and oxygen atoms in total. The highest BCUT2D eigenvalue weighted by Crippen LogP contribution is 2.63. The molecule has 0 spiro atoms. The molecule has 19 heavy (non-hydrogen) atoms. The second kappa shape index (κ2) is 4.83. The van der Waals surface area contributed by atoms with Gasteiger partial charge in [-0.25, -0.2) is 5.43 Å². The zero-order chi connectivity index (χ0) is 13.4. The molecule has 2 aromatic heterocycles. The van der Waals surface area contributed by atoms with Crippen LogP contribution in [0.15, 0.2) is 45.6 Å². The van der Waals surface area contributed by atoms with E-state index in [1.165, 1.54) is 0 Å². The molecule has 1 aliphatic rings. The van der Waals surface area contributed by atoms with Crippen molar-refractivity contribution in [2.75, 3.05) is 6.66 Å². The first-order chi connectivity index (χ1) is 9.18. The highest BCUT2D eigenvalue weighted by molar-refractivity contribution is 7.57. The minimum atomic E-state index is -0.558. The van der Waals surface area contributed by atoms with Gasteiger partial charge in [0.25, 0.3) is 0 Å². The third-order valence-corrected chi connectivity index (χ3v) is 5.69. The van der Waals surface area contributed by atoms with Crippen LogP contribution in [0, 0.1) is 0 Å². The molecular weight excluding hydrogens is 263 g/mol. The van der Waals surface area contributed by atoms with Gasteiger partial charge < -0.3 is 8.83 Å². The Morgan fingerprint density at radius 1 is 1.26 bits per heavy atom. The first-order valence-corrected chi connectivity index (χ1v) is 7.96. The maximum atomic E-state index is 11.8. The monoisotopic (exact) mass is 278 g/mol. The molecule has 0 aromatic carbocycles. The van der Waals surface area contributed by atoms with E-state index in [0.29, 0.717) is 0 Å². The second-order valence-corrected chi connectivity index (χ2v) is 6.83. The fourth-order valence-corrected chi connectivity index (χ4v) is 4.64. The van der Waals surface area contributed by atoms with Gasteiger partial charge in [0.15, 0.2) is 0 Å². The van der Waals surface area contributed by atoms with Crippen molar-refractivity contribution < 1.29 is 13.6 Å². The fraction of sp³-hybridized carbons (Fsp3) is 0.308. The van der Waals surface area contributed by atoms with Gasteiger partial charge in [-0.05, 0) is 38.9 Å². The van der Waals surface area contributed by atoms with E-state index >= 15 is 0 Å². The predicted octanol–water partition coefficient (Wildman–Crippen LogP) is 3.05. The molecule has 2 aromatic rings. The average molecular weight is 278 g/mol. The van der Waals surface area contributed by atoms with Crippen LogP contribution in [0.1, 0.15) is 30.0 Å². The van der Waals surface area contributed by atoms with Crippen molar-refractivity contribution in [1.29, 1.82) is 0 Å². The molecule has 1 amide bonds. The SMILES string of the molecule is CC(=O)N1N[C@H](c2ccco2)P(C)[C@H]1c1ccco1. The van der Waals surface area contributed by atoms with Gasteiger partial charge in [-0.2, -0.15) is 0 Å². The molecule has 1 fully saturated rings. The van der Waals surface area contributed by atoms with Crippen molar-refractivity contribution in [2.45, 2.75) is 18.5 Å². The zero-order valence-corrected chi connectivity index (χ0v) is 11.6. The van der Waals surface area contributed by atoms with E-state index in [1.807, 2.05) is 24.3 Å². The average Bonchev–Trinajstić information content (AvgIpc) is 3.07. The summed E-state index contributed by atoms with van der Waals surface area (Å²) >= 11 is 0. The van der Waals surface area contributed by atoms with E-state index in [4.69, 9.17) is 8.83 Å². The molecule has 0 aliphatic carbocycles. The number of nitrogens with zero attached hydrogens (tertiary/aromatic N) is 1. The lowest BCUT2D eigenvalue weighted by Crippen LogP contribution is -2.37. The van der Waals surface area contributed by atoms with E-state index in [-0.39, 0.29) is 17.5 Å². The second-order valence-electron chi connectivity index (χ2n) is 4.49. The molecule has 1 aliphatic heterocycles. The van der Waals surface area contributed by atoms with Crippen molar-refractivity contribution in [3.05, 3.63) is 48.3 Å². The zero-order valence-electron chi connectivity index (χ0n) is 10.7. The lowest BCUT2D eigenvalue weighted by molar-refractivity contribution is -0.132. The summed E-state index contributed by atoms with van der Waals surface area (Å²) in [6.45, 7) is 3.70. The third-order valence-electron chi connectivity index (χ3n) is 3.25. The van der Waals surface area contributed by atoms with E-state index in [9.17, 15) is 4.79 Å². The van der Waals surface area contributed by atoms with Crippen molar-refractivity contribution in [3.63, 3.8) is 0 Å². The number of amides is 1. The van der Waals surface area contributed by atoms with E-state index in [2.05, 4.69) is 12.1 Å². The number of carbonyl (C=O) groups is 1. The molecule has 3 heterocycles. The van der Waals surface area contributed by atoms with Crippen LogP contribution in [-0.4, -0.2) is 17.6 Å². The molecule has 1 saturated heterocycles. The van der Waals surface area contributed by atoms with Crippen LogP contribution in [0.4, 0.5) is 0 Å². The molecule has 3 atom stereocenters. The maximum Gasteiger partial charge on any atom is 0.234 e. The lowest BCUT2D eigenvalue weighted by Gasteiger charge is -2.22. The van der Waals surface area contributed by atoms with Gasteiger partial charge >= 0.3 is 0 Å². The highest BCUT2D eigenvalue weighted by Gasteiger charge is 2.44. The standard InChI is InChI=1S/C13H15N2O3P/c1-9(16)15-13(11-6-4-8-18-11)19(2)12(14-15)10-5-3-7-17-10/h3-8,12-14H,1-2H3/t12-,13-,19?/m0/s1. The number of hydrogen-bond acceptors (Lipinski definition) is 4. The van der Waals surface area contributed by atoms with Gasteiger partial charge in [0.1, 0.15) is 23.1 Å². The lowest BCUT2D eigenvalue weighted by atomic mass is 10.4. The molecule has 1 unspecified atom stereocenters. The number of carbonyl (C=O) groups excluding carboxylic acids is 1. The summed E-state index contributed by atoms with van der Waals surface area (Å²) < 4.78 is 11.0. The molecule has 6 heteroatoms. The summed E-state index contributed by atoms with van der Waals surface area (Å²) in [5.41, 5.74) is 3.24. The first-order valence-electron chi connectivity index (χ1n) is 6.03. The van der Waals surface area contributed by atoms with Crippen LogP contribution in [0.3, 0.4) is 0 Å². The van der Waals surface area contributed by atoms with Gasteiger partial charge in [-0.15, -0.1) is 0 Å². The van der Waals surface area contributed by atoms with Gasteiger partial charge in [0.2, 0.25) is 5.91 Å². The minimum Gasteiger partial charge on any atom is -0.467 e. The topological polar surface area (TPSA) is 58.6 Å². The van der Waals surface area contributed by atoms with Gasteiger partial charge in [-0.1, -0.05) is 0 Å². The van der Waals surface area contributed by atoms with E-state index < -0.39 is 7.92 Å². The Kier molecular flexibility index (Phi) is 3.17. The summed E-state index contributed by atoms with van der Waals surface area (Å²) in [5, 5.41) is 1.65. The van der Waals surface area contributed by atoms with E-state index in [0.717, 1.165) is 11.5 Å². The van der Waals surface area contributed by atoms with Crippen LogP contribution in [0.25, 0.3) is 0 Å². The molecule has 0 saturated carbocycles. The number of furan rings is 2. The van der Waals surface area contributed by atoms with Crippen molar-refractivity contribution in [3.8, 4) is 0 Å². The highest BCUT2D eigenvalue weighted by atomic mass is 31.1. The molecule has 0 radical (unpaired) electrons. The predicted molar refractivity (Wildman–Crippen MR) is 71.4 cm³/mol. The van der Waals surface area contributed by atoms with Crippen LogP contribution < -0.4 is 5.43 Å². The van der Waals surface area contributed by atoms with E-state index in [1.54, 1.807) is 24.5 Å². The Balaban J connectivity index is 1.95. The van der Waals surface area contributed by atoms with Gasteiger partial charge in [0, 0.05) is 6.92 Å². The van der Waals surface area contributed by atoms with Crippen LogP contribution in [-0.2, 0) is 4.79 Å². The van der Waals surface area contributed by atoms with Crippen LogP contribution in [0.5, 0.6) is 0 Å². The first kappa shape index (κ1) is 12.5. The number of nitrogens with one attached hydrogen (secondary N) is 1. The Bertz CT molecular complexity index is 552. The normalized spacial score (nSPS) is 26.8. The fourth-order valence-electron chi connectivity index (χ4n) is 2.36. The molecule has 0 bridgehead atoms.